The second-order valence-electron chi connectivity index (χ2n) is 4.98. The number of rotatable bonds is 6. The molecule has 1 saturated carbocycles. The first-order chi connectivity index (χ1) is 8.60. The molecule has 2 unspecified atom stereocenters. The Bertz CT molecular complexity index is 411. The lowest BCUT2D eigenvalue weighted by Gasteiger charge is -2.17. The average Bonchev–Trinajstić information content (AvgIpc) is 3.01. The predicted octanol–water partition coefficient (Wildman–Crippen LogP) is 1.33. The Morgan fingerprint density at radius 1 is 1.39 bits per heavy atom. The van der Waals surface area contributed by atoms with E-state index in [1.165, 1.54) is 6.42 Å². The van der Waals surface area contributed by atoms with Crippen molar-refractivity contribution >= 4 is 11.9 Å². The van der Waals surface area contributed by atoms with E-state index in [0.29, 0.717) is 18.6 Å². The molecule has 1 fully saturated rings. The number of nitrogen functional groups attached to an aromatic ring is 1. The third kappa shape index (κ3) is 3.21. The Labute approximate surface area is 108 Å². The first kappa shape index (κ1) is 12.9. The van der Waals surface area contributed by atoms with E-state index in [1.807, 2.05) is 18.9 Å². The number of nitrogens with zero attached hydrogens (tertiary/aromatic N) is 4. The van der Waals surface area contributed by atoms with Crippen LogP contribution >= 0.6 is 0 Å². The lowest BCUT2D eigenvalue weighted by Crippen LogP contribution is -2.24. The molecule has 0 bridgehead atoms. The molecular formula is C12H21N5O. The third-order valence-corrected chi connectivity index (χ3v) is 3.18. The van der Waals surface area contributed by atoms with Gasteiger partial charge in [-0.3, -0.25) is 0 Å². The van der Waals surface area contributed by atoms with Gasteiger partial charge in [0.15, 0.2) is 0 Å². The van der Waals surface area contributed by atoms with Gasteiger partial charge < -0.3 is 15.4 Å². The molecule has 2 atom stereocenters. The maximum atomic E-state index is 5.67. The lowest BCUT2D eigenvalue weighted by atomic mass is 10.3. The topological polar surface area (TPSA) is 77.2 Å². The Morgan fingerprint density at radius 3 is 2.72 bits per heavy atom. The first-order valence-corrected chi connectivity index (χ1v) is 6.45. The first-order valence-electron chi connectivity index (χ1n) is 6.45. The fourth-order valence-corrected chi connectivity index (χ4v) is 1.88. The van der Waals surface area contributed by atoms with E-state index in [1.54, 1.807) is 0 Å². The minimum Gasteiger partial charge on any atom is -0.463 e. The molecule has 2 rings (SSSR count). The Hall–Kier alpha value is -1.59. The zero-order chi connectivity index (χ0) is 13.1. The van der Waals surface area contributed by atoms with Gasteiger partial charge in [0.2, 0.25) is 11.9 Å². The van der Waals surface area contributed by atoms with Crippen molar-refractivity contribution in [2.75, 3.05) is 30.8 Å². The molecule has 18 heavy (non-hydrogen) atoms. The minimum absolute atomic E-state index is 0.210. The molecule has 1 heterocycles. The van der Waals surface area contributed by atoms with E-state index in [2.05, 4.69) is 21.9 Å². The van der Waals surface area contributed by atoms with Gasteiger partial charge >= 0.3 is 6.01 Å². The molecule has 100 valence electrons. The standard InChI is InChI=1S/C12H21N5O/c1-4-5-18-12-15-10(13)14-11(16-12)17(3)7-9-6-8(9)2/h8-9H,4-7H2,1-3H3,(H2,13,14,15,16). The van der Waals surface area contributed by atoms with Crippen LogP contribution in [0.25, 0.3) is 0 Å². The summed E-state index contributed by atoms with van der Waals surface area (Å²) in [5.41, 5.74) is 5.67. The van der Waals surface area contributed by atoms with Crippen molar-refractivity contribution in [1.82, 2.24) is 15.0 Å². The summed E-state index contributed by atoms with van der Waals surface area (Å²) in [6.45, 7) is 5.84. The summed E-state index contributed by atoms with van der Waals surface area (Å²) in [7, 11) is 1.98. The zero-order valence-electron chi connectivity index (χ0n) is 11.3. The second kappa shape index (κ2) is 5.37. The van der Waals surface area contributed by atoms with E-state index in [9.17, 15) is 0 Å². The molecule has 0 saturated heterocycles. The fourth-order valence-electron chi connectivity index (χ4n) is 1.88. The van der Waals surface area contributed by atoms with Crippen LogP contribution in [0.2, 0.25) is 0 Å². The van der Waals surface area contributed by atoms with Crippen LogP contribution in [-0.4, -0.2) is 35.2 Å². The number of ether oxygens (including phenoxy) is 1. The van der Waals surface area contributed by atoms with Crippen LogP contribution in [0.5, 0.6) is 6.01 Å². The molecule has 1 aromatic heterocycles. The fraction of sp³-hybridized carbons (Fsp3) is 0.750. The molecule has 0 amide bonds. The van der Waals surface area contributed by atoms with Crippen LogP contribution in [0.15, 0.2) is 0 Å². The molecular weight excluding hydrogens is 230 g/mol. The maximum Gasteiger partial charge on any atom is 0.323 e. The SMILES string of the molecule is CCCOc1nc(N)nc(N(C)CC2CC2C)n1. The molecule has 1 aromatic rings. The number of aromatic nitrogens is 3. The van der Waals surface area contributed by atoms with Crippen molar-refractivity contribution in [2.45, 2.75) is 26.7 Å². The summed E-state index contributed by atoms with van der Waals surface area (Å²) in [6, 6.07) is 0.315. The smallest absolute Gasteiger partial charge is 0.323 e. The average molecular weight is 251 g/mol. The van der Waals surface area contributed by atoms with E-state index in [0.717, 1.165) is 24.8 Å². The molecule has 1 aliphatic rings. The van der Waals surface area contributed by atoms with Crippen molar-refractivity contribution in [3.63, 3.8) is 0 Å². The molecule has 0 radical (unpaired) electrons. The summed E-state index contributed by atoms with van der Waals surface area (Å²) < 4.78 is 5.40. The van der Waals surface area contributed by atoms with Crippen LogP contribution < -0.4 is 15.4 Å². The van der Waals surface area contributed by atoms with E-state index >= 15 is 0 Å². The van der Waals surface area contributed by atoms with Crippen LogP contribution in [0.1, 0.15) is 26.7 Å². The lowest BCUT2D eigenvalue weighted by molar-refractivity contribution is 0.292. The van der Waals surface area contributed by atoms with Crippen LogP contribution in [0.4, 0.5) is 11.9 Å². The van der Waals surface area contributed by atoms with E-state index < -0.39 is 0 Å². The van der Waals surface area contributed by atoms with Crippen molar-refractivity contribution in [3.05, 3.63) is 0 Å². The largest absolute Gasteiger partial charge is 0.463 e. The molecule has 2 N–H and O–H groups in total. The van der Waals surface area contributed by atoms with Crippen LogP contribution in [0, 0.1) is 11.8 Å². The Balaban J connectivity index is 2.03. The van der Waals surface area contributed by atoms with E-state index in [4.69, 9.17) is 10.5 Å². The highest BCUT2D eigenvalue weighted by molar-refractivity contribution is 5.35. The maximum absolute atomic E-state index is 5.67. The molecule has 1 aliphatic carbocycles. The monoisotopic (exact) mass is 251 g/mol. The van der Waals surface area contributed by atoms with Crippen molar-refractivity contribution < 1.29 is 4.74 Å². The van der Waals surface area contributed by atoms with Gasteiger partial charge in [0.25, 0.3) is 0 Å². The molecule has 6 heteroatoms. The number of anilines is 2. The van der Waals surface area contributed by atoms with Gasteiger partial charge in [-0.2, -0.15) is 15.0 Å². The summed E-state index contributed by atoms with van der Waals surface area (Å²) in [5.74, 6) is 2.35. The highest BCUT2D eigenvalue weighted by atomic mass is 16.5. The molecule has 6 nitrogen and oxygen atoms in total. The molecule has 0 spiro atoms. The highest BCUT2D eigenvalue weighted by Crippen LogP contribution is 2.38. The van der Waals surface area contributed by atoms with Crippen molar-refractivity contribution in [2.24, 2.45) is 11.8 Å². The Kier molecular flexibility index (Phi) is 3.84. The zero-order valence-corrected chi connectivity index (χ0v) is 11.3. The summed E-state index contributed by atoms with van der Waals surface area (Å²) in [4.78, 5) is 14.4. The Morgan fingerprint density at radius 2 is 2.11 bits per heavy atom. The van der Waals surface area contributed by atoms with Crippen molar-refractivity contribution in [1.29, 1.82) is 0 Å². The number of hydrogen-bond acceptors (Lipinski definition) is 6. The number of nitrogens with two attached hydrogens (primary N) is 1. The summed E-state index contributed by atoms with van der Waals surface area (Å²) >= 11 is 0. The van der Waals surface area contributed by atoms with Crippen molar-refractivity contribution in [3.8, 4) is 6.01 Å². The van der Waals surface area contributed by atoms with Gasteiger partial charge in [-0.25, -0.2) is 0 Å². The van der Waals surface area contributed by atoms with Crippen LogP contribution in [0.3, 0.4) is 0 Å². The summed E-state index contributed by atoms with van der Waals surface area (Å²) in [6.07, 6.45) is 2.19. The molecule has 0 aromatic carbocycles. The van der Waals surface area contributed by atoms with Gasteiger partial charge in [0.1, 0.15) is 0 Å². The van der Waals surface area contributed by atoms with Gasteiger partial charge in [0.05, 0.1) is 6.61 Å². The van der Waals surface area contributed by atoms with Gasteiger partial charge in [-0.1, -0.05) is 13.8 Å². The highest BCUT2D eigenvalue weighted by Gasteiger charge is 2.33. The van der Waals surface area contributed by atoms with Gasteiger partial charge in [-0.05, 0) is 24.7 Å². The number of hydrogen-bond donors (Lipinski definition) is 1. The molecule has 0 aliphatic heterocycles. The third-order valence-electron chi connectivity index (χ3n) is 3.18. The summed E-state index contributed by atoms with van der Waals surface area (Å²) in [5, 5.41) is 0. The van der Waals surface area contributed by atoms with E-state index in [-0.39, 0.29) is 5.95 Å². The van der Waals surface area contributed by atoms with Gasteiger partial charge in [0, 0.05) is 13.6 Å². The predicted molar refractivity (Wildman–Crippen MR) is 70.6 cm³/mol. The second-order valence-corrected chi connectivity index (χ2v) is 4.98. The van der Waals surface area contributed by atoms with Gasteiger partial charge in [-0.15, -0.1) is 0 Å². The van der Waals surface area contributed by atoms with Crippen LogP contribution in [-0.2, 0) is 0 Å². The quantitative estimate of drug-likeness (QED) is 0.822. The normalized spacial score (nSPS) is 21.7. The minimum atomic E-state index is 0.210.